The number of nitrogens with zero attached hydrogens (tertiary/aromatic N) is 2. The van der Waals surface area contributed by atoms with Gasteiger partial charge in [0.05, 0.1) is 4.90 Å². The predicted molar refractivity (Wildman–Crippen MR) is 107 cm³/mol. The van der Waals surface area contributed by atoms with E-state index in [4.69, 9.17) is 0 Å². The minimum atomic E-state index is -3.70. The molecule has 2 aliphatic heterocycles. The van der Waals surface area contributed by atoms with E-state index < -0.39 is 20.0 Å². The lowest BCUT2D eigenvalue weighted by molar-refractivity contribution is 0.288. The maximum absolute atomic E-state index is 12.8. The number of nitrogens with one attached hydrogen (secondary N) is 1. The molecule has 0 saturated carbocycles. The number of hydrogen-bond acceptors (Lipinski definition) is 5. The van der Waals surface area contributed by atoms with Crippen LogP contribution < -0.4 is 5.32 Å². The number of rotatable bonds is 3. The summed E-state index contributed by atoms with van der Waals surface area (Å²) in [5.74, 6) is 0.778. The molecule has 0 atom stereocenters. The third-order valence-electron chi connectivity index (χ3n) is 5.13. The second-order valence-corrected chi connectivity index (χ2v) is 10.7. The fraction of sp³-hybridized carbons (Fsp3) is 0.316. The summed E-state index contributed by atoms with van der Waals surface area (Å²) in [6, 6.07) is 12.9. The zero-order valence-corrected chi connectivity index (χ0v) is 17.0. The molecular formula is C19H21N3O4S2. The number of fused-ring (bicyclic) bond motifs is 1. The molecule has 2 aromatic rings. The van der Waals surface area contributed by atoms with Crippen molar-refractivity contribution in [2.24, 2.45) is 10.3 Å². The molecule has 9 heteroatoms. The summed E-state index contributed by atoms with van der Waals surface area (Å²) < 4.78 is 55.2. The van der Waals surface area contributed by atoms with Crippen molar-refractivity contribution < 1.29 is 16.8 Å². The maximum Gasteiger partial charge on any atom is 0.285 e. The van der Waals surface area contributed by atoms with Crippen LogP contribution in [0.5, 0.6) is 0 Å². The van der Waals surface area contributed by atoms with Crippen LogP contribution in [-0.4, -0.2) is 40.1 Å². The Labute approximate surface area is 165 Å². The van der Waals surface area contributed by atoms with E-state index in [-0.39, 0.29) is 15.6 Å². The molecule has 1 fully saturated rings. The van der Waals surface area contributed by atoms with Gasteiger partial charge in [-0.3, -0.25) is 0 Å². The zero-order chi connectivity index (χ0) is 19.9. The second-order valence-electron chi connectivity index (χ2n) is 7.15. The largest absolute Gasteiger partial charge is 0.339 e. The molecule has 28 heavy (non-hydrogen) atoms. The third kappa shape index (κ3) is 3.45. The Morgan fingerprint density at radius 2 is 1.68 bits per heavy atom. The molecule has 2 heterocycles. The lowest BCUT2D eigenvalue weighted by Gasteiger charge is -2.29. The topological polar surface area (TPSA) is 95.9 Å². The normalized spacial score (nSPS) is 19.8. The Hall–Kier alpha value is -2.23. The van der Waals surface area contributed by atoms with Gasteiger partial charge in [0, 0.05) is 24.3 Å². The molecular weight excluding hydrogens is 398 g/mol. The lowest BCUT2D eigenvalue weighted by atomic mass is 10.0. The Balaban J connectivity index is 1.55. The molecule has 7 nitrogen and oxygen atoms in total. The van der Waals surface area contributed by atoms with Crippen LogP contribution in [0.2, 0.25) is 0 Å². The molecule has 0 aliphatic carbocycles. The van der Waals surface area contributed by atoms with Crippen LogP contribution in [-0.2, 0) is 20.0 Å². The van der Waals surface area contributed by atoms with Crippen molar-refractivity contribution >= 4 is 31.6 Å². The van der Waals surface area contributed by atoms with Gasteiger partial charge in [-0.1, -0.05) is 19.1 Å². The Morgan fingerprint density at radius 1 is 1.04 bits per heavy atom. The fourth-order valence-corrected chi connectivity index (χ4v) is 6.06. The van der Waals surface area contributed by atoms with E-state index in [9.17, 15) is 16.8 Å². The molecule has 1 N–H and O–H groups in total. The first-order valence-corrected chi connectivity index (χ1v) is 12.0. The van der Waals surface area contributed by atoms with Crippen LogP contribution in [0.25, 0.3) is 0 Å². The molecule has 0 spiro atoms. The highest BCUT2D eigenvalue weighted by molar-refractivity contribution is 7.90. The molecule has 148 valence electrons. The van der Waals surface area contributed by atoms with Gasteiger partial charge in [-0.15, -0.1) is 4.40 Å². The highest BCUT2D eigenvalue weighted by Crippen LogP contribution is 2.28. The molecule has 2 aliphatic rings. The smallest absolute Gasteiger partial charge is 0.285 e. The van der Waals surface area contributed by atoms with Crippen molar-refractivity contribution in [3.63, 3.8) is 0 Å². The third-order valence-corrected chi connectivity index (χ3v) is 8.38. The molecule has 0 amide bonds. The fourth-order valence-electron chi connectivity index (χ4n) is 3.42. The number of benzene rings is 2. The Morgan fingerprint density at radius 3 is 2.36 bits per heavy atom. The van der Waals surface area contributed by atoms with Gasteiger partial charge in [0.2, 0.25) is 10.0 Å². The molecule has 0 bridgehead atoms. The van der Waals surface area contributed by atoms with Gasteiger partial charge in [-0.25, -0.2) is 8.42 Å². The van der Waals surface area contributed by atoms with Crippen LogP contribution >= 0.6 is 0 Å². The summed E-state index contributed by atoms with van der Waals surface area (Å²) in [5.41, 5.74) is 1.07. The summed E-state index contributed by atoms with van der Waals surface area (Å²) >= 11 is 0. The van der Waals surface area contributed by atoms with E-state index in [1.807, 2.05) is 0 Å². The number of anilines is 1. The first-order chi connectivity index (χ1) is 13.3. The standard InChI is InChI=1S/C19H21N3O4S2/c1-14-10-12-22(13-11-14)28(25,26)16-8-6-15(7-9-16)20-19-17-4-2-3-5-18(17)27(23,24)21-19/h2-9,14H,10-13H2,1H3,(H,20,21). The van der Waals surface area contributed by atoms with Gasteiger partial charge in [0.25, 0.3) is 10.0 Å². The predicted octanol–water partition coefficient (Wildman–Crippen LogP) is 2.67. The van der Waals surface area contributed by atoms with Crippen molar-refractivity contribution in [1.82, 2.24) is 4.31 Å². The van der Waals surface area contributed by atoms with Gasteiger partial charge < -0.3 is 5.32 Å². The van der Waals surface area contributed by atoms with Crippen molar-refractivity contribution in [2.75, 3.05) is 18.4 Å². The van der Waals surface area contributed by atoms with Crippen LogP contribution in [0.1, 0.15) is 25.3 Å². The average molecular weight is 420 g/mol. The van der Waals surface area contributed by atoms with E-state index >= 15 is 0 Å². The van der Waals surface area contributed by atoms with E-state index in [2.05, 4.69) is 16.6 Å². The zero-order valence-electron chi connectivity index (χ0n) is 15.4. The molecule has 0 radical (unpaired) electrons. The summed E-state index contributed by atoms with van der Waals surface area (Å²) in [5, 5.41) is 2.98. The highest BCUT2D eigenvalue weighted by atomic mass is 32.2. The van der Waals surface area contributed by atoms with Crippen molar-refractivity contribution in [3.05, 3.63) is 54.1 Å². The summed E-state index contributed by atoms with van der Waals surface area (Å²) in [6.45, 7) is 3.21. The number of piperidine rings is 1. The van der Waals surface area contributed by atoms with E-state index in [1.165, 1.54) is 22.5 Å². The molecule has 0 aromatic heterocycles. The monoisotopic (exact) mass is 419 g/mol. The van der Waals surface area contributed by atoms with Gasteiger partial charge in [0.1, 0.15) is 4.90 Å². The first-order valence-electron chi connectivity index (χ1n) is 9.09. The van der Waals surface area contributed by atoms with Gasteiger partial charge in [0.15, 0.2) is 5.84 Å². The maximum atomic E-state index is 12.8. The van der Waals surface area contributed by atoms with E-state index in [0.29, 0.717) is 30.3 Å². The van der Waals surface area contributed by atoms with Gasteiger partial charge in [-0.2, -0.15) is 12.7 Å². The molecule has 1 saturated heterocycles. The minimum Gasteiger partial charge on any atom is -0.339 e. The summed E-state index contributed by atoms with van der Waals surface area (Å²) in [4.78, 5) is 0.394. The van der Waals surface area contributed by atoms with Crippen molar-refractivity contribution in [3.8, 4) is 0 Å². The van der Waals surface area contributed by atoms with Crippen molar-refractivity contribution in [1.29, 1.82) is 0 Å². The lowest BCUT2D eigenvalue weighted by Crippen LogP contribution is -2.37. The second kappa shape index (κ2) is 6.98. The number of sulfonamides is 2. The first kappa shape index (κ1) is 19.1. The molecule has 2 aromatic carbocycles. The van der Waals surface area contributed by atoms with Gasteiger partial charge >= 0.3 is 0 Å². The summed E-state index contributed by atoms with van der Waals surface area (Å²) in [7, 11) is -7.22. The van der Waals surface area contributed by atoms with Gasteiger partial charge in [-0.05, 0) is 55.2 Å². The minimum absolute atomic E-state index is 0.163. The van der Waals surface area contributed by atoms with E-state index in [0.717, 1.165) is 12.8 Å². The van der Waals surface area contributed by atoms with Crippen LogP contribution in [0, 0.1) is 5.92 Å². The average Bonchev–Trinajstić information content (AvgIpc) is 2.93. The SMILES string of the molecule is CC1CCN(S(=O)(=O)c2ccc(NC3=NS(=O)(=O)c4ccccc43)cc2)CC1. The highest BCUT2D eigenvalue weighted by Gasteiger charge is 2.29. The number of amidine groups is 1. The quantitative estimate of drug-likeness (QED) is 0.825. The van der Waals surface area contributed by atoms with Crippen LogP contribution in [0.15, 0.2) is 62.7 Å². The molecule has 4 rings (SSSR count). The van der Waals surface area contributed by atoms with Crippen molar-refractivity contribution in [2.45, 2.75) is 29.6 Å². The molecule has 0 unspecified atom stereocenters. The Bertz CT molecular complexity index is 1130. The summed E-state index contributed by atoms with van der Waals surface area (Å²) in [6.07, 6.45) is 1.74. The van der Waals surface area contributed by atoms with Crippen LogP contribution in [0.3, 0.4) is 0 Å². The van der Waals surface area contributed by atoms with E-state index in [1.54, 1.807) is 30.3 Å². The van der Waals surface area contributed by atoms with Crippen LogP contribution in [0.4, 0.5) is 5.69 Å². The Kier molecular flexibility index (Phi) is 4.76. The number of hydrogen-bond donors (Lipinski definition) is 1.